The summed E-state index contributed by atoms with van der Waals surface area (Å²) < 4.78 is 13.3. The number of nitrogens with one attached hydrogen (secondary N) is 1. The summed E-state index contributed by atoms with van der Waals surface area (Å²) in [5.74, 6) is -0.393. The molecule has 0 aliphatic carbocycles. The number of hydrogen-bond acceptors (Lipinski definition) is 5. The number of anilines is 1. The largest absolute Gasteiger partial charge is 0.351 e. The zero-order valence-corrected chi connectivity index (χ0v) is 21.9. The molecule has 2 aliphatic heterocycles. The first kappa shape index (κ1) is 25.3. The number of hydrogen-bond donors (Lipinski definition) is 1. The quantitative estimate of drug-likeness (QED) is 0.521. The summed E-state index contributed by atoms with van der Waals surface area (Å²) in [4.78, 5) is 33.7. The monoisotopic (exact) mass is 516 g/mol. The summed E-state index contributed by atoms with van der Waals surface area (Å²) in [6, 6.07) is 22.6. The zero-order chi connectivity index (χ0) is 25.8. The van der Waals surface area contributed by atoms with Crippen molar-refractivity contribution in [3.8, 4) is 0 Å². The Morgan fingerprint density at radius 2 is 1.59 bits per heavy atom. The highest BCUT2D eigenvalue weighted by Crippen LogP contribution is 2.35. The van der Waals surface area contributed by atoms with Gasteiger partial charge in [0.1, 0.15) is 0 Å². The maximum Gasteiger partial charge on any atom is 0.259 e. The van der Waals surface area contributed by atoms with Gasteiger partial charge < -0.3 is 10.2 Å². The van der Waals surface area contributed by atoms with Crippen molar-refractivity contribution in [2.75, 3.05) is 50.7 Å². The van der Waals surface area contributed by atoms with Crippen LogP contribution in [0.5, 0.6) is 0 Å². The number of piperazine rings is 1. The molecule has 0 spiro atoms. The van der Waals surface area contributed by atoms with Gasteiger partial charge in [-0.25, -0.2) is 4.21 Å². The minimum atomic E-state index is -1.50. The summed E-state index contributed by atoms with van der Waals surface area (Å²) in [5.41, 5.74) is 2.76. The second-order valence-corrected chi connectivity index (χ2v) is 10.8. The molecular formula is C29H32N4O3S. The molecule has 1 N–H and O–H groups in total. The van der Waals surface area contributed by atoms with Crippen LogP contribution in [0.15, 0.2) is 82.6 Å². The molecule has 0 radical (unpaired) electrons. The predicted octanol–water partition coefficient (Wildman–Crippen LogP) is 3.38. The normalized spacial score (nSPS) is 18.1. The Bertz CT molecular complexity index is 1310. The molecule has 2 amide bonds. The van der Waals surface area contributed by atoms with Crippen LogP contribution in [0.3, 0.4) is 0 Å². The Kier molecular flexibility index (Phi) is 7.79. The number of nitrogens with zero attached hydrogens (tertiary/aromatic N) is 3. The molecule has 8 heteroatoms. The van der Waals surface area contributed by atoms with Crippen molar-refractivity contribution in [1.29, 1.82) is 0 Å². The fourth-order valence-corrected chi connectivity index (χ4v) is 6.31. The number of rotatable bonds is 7. The Balaban J connectivity index is 1.19. The van der Waals surface area contributed by atoms with Crippen molar-refractivity contribution in [2.24, 2.45) is 0 Å². The van der Waals surface area contributed by atoms with Crippen molar-refractivity contribution >= 4 is 28.3 Å². The smallest absolute Gasteiger partial charge is 0.259 e. The highest BCUT2D eigenvalue weighted by atomic mass is 32.2. The molecule has 7 nitrogen and oxygen atoms in total. The lowest BCUT2D eigenvalue weighted by Gasteiger charge is -2.34. The lowest BCUT2D eigenvalue weighted by atomic mass is 10.1. The third kappa shape index (κ3) is 5.51. The summed E-state index contributed by atoms with van der Waals surface area (Å²) in [6.07, 6.45) is 0. The average molecular weight is 517 g/mol. The second kappa shape index (κ2) is 11.4. The van der Waals surface area contributed by atoms with E-state index in [0.717, 1.165) is 39.3 Å². The van der Waals surface area contributed by atoms with Gasteiger partial charge in [0.25, 0.3) is 11.8 Å². The standard InChI is InChI=1S/C29H32N4O3S/c1-2-33-25-20-23(12-13-27(25)37(36)26-11-7-6-10-24(26)29(33)35)28(34)30-14-15-31-16-18-32(19-17-31)21-22-8-4-3-5-9-22/h3-13,20H,2,14-19,21H2,1H3,(H,30,34). The van der Waals surface area contributed by atoms with Crippen molar-refractivity contribution < 1.29 is 13.8 Å². The topological polar surface area (TPSA) is 73.0 Å². The molecule has 37 heavy (non-hydrogen) atoms. The SMILES string of the molecule is CCN1C(=O)c2ccccc2S(=O)c2ccc(C(=O)NCCN3CCN(Cc4ccccc4)CC3)cc21. The Labute approximate surface area is 220 Å². The molecule has 0 aromatic heterocycles. The van der Waals surface area contributed by atoms with Gasteiger partial charge in [0.15, 0.2) is 0 Å². The molecule has 2 heterocycles. The summed E-state index contributed by atoms with van der Waals surface area (Å²) in [7, 11) is -1.50. The molecule has 1 fully saturated rings. The van der Waals surface area contributed by atoms with E-state index in [4.69, 9.17) is 0 Å². The number of amides is 2. The van der Waals surface area contributed by atoms with Crippen LogP contribution in [-0.4, -0.2) is 71.6 Å². The molecule has 1 saturated heterocycles. The minimum absolute atomic E-state index is 0.193. The molecule has 1 unspecified atom stereocenters. The summed E-state index contributed by atoms with van der Waals surface area (Å²) in [5, 5.41) is 3.02. The van der Waals surface area contributed by atoms with Crippen molar-refractivity contribution in [3.63, 3.8) is 0 Å². The first-order chi connectivity index (χ1) is 18.0. The predicted molar refractivity (Wildman–Crippen MR) is 145 cm³/mol. The molecule has 3 aromatic carbocycles. The van der Waals surface area contributed by atoms with E-state index in [0.29, 0.717) is 39.7 Å². The van der Waals surface area contributed by atoms with E-state index in [-0.39, 0.29) is 11.8 Å². The Hall–Kier alpha value is -3.33. The van der Waals surface area contributed by atoms with E-state index >= 15 is 0 Å². The average Bonchev–Trinajstić information content (AvgIpc) is 3.02. The van der Waals surface area contributed by atoms with Gasteiger partial charge in [0, 0.05) is 57.9 Å². The minimum Gasteiger partial charge on any atom is -0.351 e. The van der Waals surface area contributed by atoms with Gasteiger partial charge in [0.05, 0.1) is 31.8 Å². The lowest BCUT2D eigenvalue weighted by molar-refractivity contribution is 0.0932. The molecule has 3 aromatic rings. The van der Waals surface area contributed by atoms with Gasteiger partial charge in [-0.1, -0.05) is 42.5 Å². The first-order valence-corrected chi connectivity index (χ1v) is 13.9. The van der Waals surface area contributed by atoms with E-state index in [1.54, 1.807) is 47.4 Å². The number of fused-ring (bicyclic) bond motifs is 2. The van der Waals surface area contributed by atoms with Crippen molar-refractivity contribution in [2.45, 2.75) is 23.3 Å². The maximum absolute atomic E-state index is 13.3. The van der Waals surface area contributed by atoms with E-state index in [9.17, 15) is 13.8 Å². The van der Waals surface area contributed by atoms with E-state index in [1.807, 2.05) is 13.0 Å². The molecule has 5 rings (SSSR count). The van der Waals surface area contributed by atoms with Gasteiger partial charge in [-0.05, 0) is 42.8 Å². The van der Waals surface area contributed by atoms with Crippen molar-refractivity contribution in [1.82, 2.24) is 15.1 Å². The molecule has 1 atom stereocenters. The van der Waals surface area contributed by atoms with E-state index < -0.39 is 10.8 Å². The van der Waals surface area contributed by atoms with Crippen LogP contribution in [0.25, 0.3) is 0 Å². The van der Waals surface area contributed by atoms with Gasteiger partial charge in [-0.15, -0.1) is 0 Å². The van der Waals surface area contributed by atoms with Gasteiger partial charge in [-0.2, -0.15) is 0 Å². The highest BCUT2D eigenvalue weighted by molar-refractivity contribution is 7.85. The van der Waals surface area contributed by atoms with Gasteiger partial charge >= 0.3 is 0 Å². The van der Waals surface area contributed by atoms with Gasteiger partial charge in [0.2, 0.25) is 0 Å². The lowest BCUT2D eigenvalue weighted by Crippen LogP contribution is -2.48. The molecule has 192 valence electrons. The third-order valence-electron chi connectivity index (χ3n) is 7.02. The molecule has 2 aliphatic rings. The Morgan fingerprint density at radius 3 is 2.35 bits per heavy atom. The maximum atomic E-state index is 13.3. The third-order valence-corrected chi connectivity index (χ3v) is 8.52. The fraction of sp³-hybridized carbons (Fsp3) is 0.310. The van der Waals surface area contributed by atoms with Crippen LogP contribution in [0.2, 0.25) is 0 Å². The van der Waals surface area contributed by atoms with Crippen LogP contribution in [0, 0.1) is 0 Å². The zero-order valence-electron chi connectivity index (χ0n) is 21.1. The molecular weight excluding hydrogens is 484 g/mol. The first-order valence-electron chi connectivity index (χ1n) is 12.8. The Morgan fingerprint density at radius 1 is 0.892 bits per heavy atom. The number of carbonyl (C=O) groups excluding carboxylic acids is 2. The summed E-state index contributed by atoms with van der Waals surface area (Å²) >= 11 is 0. The summed E-state index contributed by atoms with van der Waals surface area (Å²) in [6.45, 7) is 8.56. The second-order valence-electron chi connectivity index (χ2n) is 9.36. The van der Waals surface area contributed by atoms with Crippen LogP contribution < -0.4 is 10.2 Å². The van der Waals surface area contributed by atoms with Crippen LogP contribution >= 0.6 is 0 Å². The van der Waals surface area contributed by atoms with E-state index in [2.05, 4.69) is 39.4 Å². The van der Waals surface area contributed by atoms with Crippen LogP contribution in [-0.2, 0) is 17.3 Å². The molecule has 0 bridgehead atoms. The van der Waals surface area contributed by atoms with Gasteiger partial charge in [-0.3, -0.25) is 19.4 Å². The highest BCUT2D eigenvalue weighted by Gasteiger charge is 2.30. The fourth-order valence-electron chi connectivity index (χ4n) is 4.96. The van der Waals surface area contributed by atoms with Crippen LogP contribution in [0.4, 0.5) is 5.69 Å². The van der Waals surface area contributed by atoms with Crippen LogP contribution in [0.1, 0.15) is 33.2 Å². The molecule has 0 saturated carbocycles. The number of benzene rings is 3. The van der Waals surface area contributed by atoms with Crippen molar-refractivity contribution in [3.05, 3.63) is 89.5 Å². The number of carbonyl (C=O) groups is 2. The van der Waals surface area contributed by atoms with E-state index in [1.165, 1.54) is 5.56 Å².